The molecule has 0 aromatic rings. The number of hydrogen-bond acceptors (Lipinski definition) is 1. The predicted octanol–water partition coefficient (Wildman–Crippen LogP) is 3.14. The first-order valence-corrected chi connectivity index (χ1v) is 7.52. The van der Waals surface area contributed by atoms with Crippen molar-refractivity contribution in [3.8, 4) is 0 Å². The molecule has 0 rings (SSSR count). The first-order chi connectivity index (χ1) is 5.68. The number of unbranched alkanes of at least 4 members (excludes halogenated alkanes) is 3. The van der Waals surface area contributed by atoms with Gasteiger partial charge in [-0.1, -0.05) is 49.3 Å². The van der Waals surface area contributed by atoms with E-state index in [4.69, 9.17) is 0 Å². The Hall–Kier alpha value is 0.880. The standard InChI is InChI=1S/C9H19IOS/c1-9(2)12(11)8-6-4-3-5-7-10/h9H,3-8H2,1-2H3. The minimum atomic E-state index is -0.579. The van der Waals surface area contributed by atoms with Crippen molar-refractivity contribution in [2.75, 3.05) is 10.2 Å². The molecule has 74 valence electrons. The third-order valence-corrected chi connectivity index (χ3v) is 4.26. The van der Waals surface area contributed by atoms with Gasteiger partial charge in [-0.25, -0.2) is 0 Å². The van der Waals surface area contributed by atoms with Crippen molar-refractivity contribution in [2.45, 2.75) is 44.8 Å². The Morgan fingerprint density at radius 2 is 1.75 bits per heavy atom. The van der Waals surface area contributed by atoms with E-state index in [0.29, 0.717) is 5.25 Å². The molecule has 0 spiro atoms. The van der Waals surface area contributed by atoms with Crippen LogP contribution in [0.1, 0.15) is 39.5 Å². The Balaban J connectivity index is 3.14. The molecular weight excluding hydrogens is 283 g/mol. The van der Waals surface area contributed by atoms with Crippen molar-refractivity contribution in [2.24, 2.45) is 0 Å². The third-order valence-electron chi connectivity index (χ3n) is 1.75. The van der Waals surface area contributed by atoms with Crippen molar-refractivity contribution in [1.29, 1.82) is 0 Å². The Labute approximate surface area is 92.3 Å². The maximum atomic E-state index is 11.3. The molecule has 0 aromatic heterocycles. The van der Waals surface area contributed by atoms with E-state index >= 15 is 0 Å². The Kier molecular flexibility index (Phi) is 9.10. The van der Waals surface area contributed by atoms with Crippen molar-refractivity contribution in [1.82, 2.24) is 0 Å². The summed E-state index contributed by atoms with van der Waals surface area (Å²) < 4.78 is 12.5. The van der Waals surface area contributed by atoms with Gasteiger partial charge in [0.15, 0.2) is 0 Å². The highest BCUT2D eigenvalue weighted by Crippen LogP contribution is 2.05. The van der Waals surface area contributed by atoms with Crippen LogP contribution in [0.3, 0.4) is 0 Å². The number of hydrogen-bond donors (Lipinski definition) is 0. The average Bonchev–Trinajstić information content (AvgIpc) is 2.03. The lowest BCUT2D eigenvalue weighted by molar-refractivity contribution is 0.664. The van der Waals surface area contributed by atoms with Crippen LogP contribution in [0.15, 0.2) is 0 Å². The van der Waals surface area contributed by atoms with Crippen molar-refractivity contribution in [3.63, 3.8) is 0 Å². The summed E-state index contributed by atoms with van der Waals surface area (Å²) in [5.41, 5.74) is 0. The fourth-order valence-corrected chi connectivity index (χ4v) is 2.43. The Morgan fingerprint density at radius 3 is 2.25 bits per heavy atom. The molecule has 1 unspecified atom stereocenters. The molecule has 0 aromatic carbocycles. The molecule has 0 bridgehead atoms. The predicted molar refractivity (Wildman–Crippen MR) is 65.5 cm³/mol. The minimum absolute atomic E-state index is 0.342. The van der Waals surface area contributed by atoms with E-state index in [9.17, 15) is 4.21 Å². The lowest BCUT2D eigenvalue weighted by atomic mass is 10.2. The van der Waals surface area contributed by atoms with Crippen LogP contribution < -0.4 is 0 Å². The van der Waals surface area contributed by atoms with Gasteiger partial charge in [-0.2, -0.15) is 0 Å². The van der Waals surface area contributed by atoms with E-state index in [1.165, 1.54) is 23.7 Å². The van der Waals surface area contributed by atoms with Crippen LogP contribution in [0.2, 0.25) is 0 Å². The SMILES string of the molecule is CC(C)S(=O)CCCCCCI. The van der Waals surface area contributed by atoms with Gasteiger partial charge in [-0.05, 0) is 17.3 Å². The van der Waals surface area contributed by atoms with Gasteiger partial charge in [-0.15, -0.1) is 0 Å². The summed E-state index contributed by atoms with van der Waals surface area (Å²) in [6.07, 6.45) is 5.01. The van der Waals surface area contributed by atoms with E-state index in [1.807, 2.05) is 13.8 Å². The van der Waals surface area contributed by atoms with Gasteiger partial charge in [0.1, 0.15) is 0 Å². The summed E-state index contributed by atoms with van der Waals surface area (Å²) in [7, 11) is -0.579. The van der Waals surface area contributed by atoms with E-state index in [-0.39, 0.29) is 0 Å². The second kappa shape index (κ2) is 8.48. The fraction of sp³-hybridized carbons (Fsp3) is 1.00. The quantitative estimate of drug-likeness (QED) is 0.401. The van der Waals surface area contributed by atoms with Crippen LogP contribution in [0, 0.1) is 0 Å². The van der Waals surface area contributed by atoms with Crippen LogP contribution in [-0.2, 0) is 10.8 Å². The Morgan fingerprint density at radius 1 is 1.17 bits per heavy atom. The second-order valence-electron chi connectivity index (χ2n) is 3.24. The summed E-state index contributed by atoms with van der Waals surface area (Å²) in [4.78, 5) is 0. The summed E-state index contributed by atoms with van der Waals surface area (Å²) >= 11 is 2.40. The number of halogens is 1. The minimum Gasteiger partial charge on any atom is -0.259 e. The average molecular weight is 302 g/mol. The summed E-state index contributed by atoms with van der Waals surface area (Å²) in [5, 5.41) is 0.342. The monoisotopic (exact) mass is 302 g/mol. The van der Waals surface area contributed by atoms with Crippen LogP contribution in [0.5, 0.6) is 0 Å². The molecule has 0 aliphatic heterocycles. The van der Waals surface area contributed by atoms with Gasteiger partial charge in [0.2, 0.25) is 0 Å². The van der Waals surface area contributed by atoms with Gasteiger partial charge >= 0.3 is 0 Å². The molecule has 1 nitrogen and oxygen atoms in total. The molecule has 12 heavy (non-hydrogen) atoms. The lowest BCUT2D eigenvalue weighted by Crippen LogP contribution is -2.09. The van der Waals surface area contributed by atoms with Crippen LogP contribution in [-0.4, -0.2) is 19.6 Å². The van der Waals surface area contributed by atoms with Crippen LogP contribution in [0.25, 0.3) is 0 Å². The van der Waals surface area contributed by atoms with Crippen molar-refractivity contribution in [3.05, 3.63) is 0 Å². The van der Waals surface area contributed by atoms with Crippen molar-refractivity contribution < 1.29 is 4.21 Å². The fourth-order valence-electron chi connectivity index (χ4n) is 0.928. The molecule has 0 radical (unpaired) electrons. The first kappa shape index (κ1) is 12.9. The summed E-state index contributed by atoms with van der Waals surface area (Å²) in [6.45, 7) is 4.06. The highest BCUT2D eigenvalue weighted by Gasteiger charge is 2.03. The molecule has 0 N–H and O–H groups in total. The van der Waals surface area contributed by atoms with Gasteiger partial charge in [0.05, 0.1) is 0 Å². The number of alkyl halides is 1. The van der Waals surface area contributed by atoms with E-state index in [0.717, 1.165) is 12.2 Å². The maximum Gasteiger partial charge on any atom is 0.0291 e. The molecule has 0 heterocycles. The molecule has 1 atom stereocenters. The van der Waals surface area contributed by atoms with Crippen molar-refractivity contribution >= 4 is 33.4 Å². The van der Waals surface area contributed by atoms with Gasteiger partial charge in [0, 0.05) is 21.8 Å². The highest BCUT2D eigenvalue weighted by atomic mass is 127. The zero-order valence-corrected chi connectivity index (χ0v) is 11.0. The first-order valence-electron chi connectivity index (χ1n) is 4.61. The molecule has 0 saturated carbocycles. The van der Waals surface area contributed by atoms with Gasteiger partial charge in [0.25, 0.3) is 0 Å². The Bertz CT molecular complexity index is 126. The largest absolute Gasteiger partial charge is 0.259 e. The van der Waals surface area contributed by atoms with Crippen LogP contribution >= 0.6 is 22.6 Å². The molecule has 0 amide bonds. The molecular formula is C9H19IOS. The molecule has 0 aliphatic carbocycles. The van der Waals surface area contributed by atoms with E-state index in [1.54, 1.807) is 0 Å². The van der Waals surface area contributed by atoms with E-state index in [2.05, 4.69) is 22.6 Å². The lowest BCUT2D eigenvalue weighted by Gasteiger charge is -2.04. The zero-order chi connectivity index (χ0) is 9.40. The molecule has 0 aliphatic rings. The van der Waals surface area contributed by atoms with E-state index < -0.39 is 10.8 Å². The summed E-state index contributed by atoms with van der Waals surface area (Å²) in [5.74, 6) is 0.902. The molecule has 3 heteroatoms. The zero-order valence-electron chi connectivity index (χ0n) is 8.01. The van der Waals surface area contributed by atoms with Gasteiger partial charge in [-0.3, -0.25) is 4.21 Å². The maximum absolute atomic E-state index is 11.3. The topological polar surface area (TPSA) is 17.1 Å². The normalized spacial score (nSPS) is 13.7. The smallest absolute Gasteiger partial charge is 0.0291 e. The summed E-state index contributed by atoms with van der Waals surface area (Å²) in [6, 6.07) is 0. The third kappa shape index (κ3) is 7.53. The number of rotatable bonds is 7. The van der Waals surface area contributed by atoms with Crippen LogP contribution in [0.4, 0.5) is 0 Å². The molecule has 0 saturated heterocycles. The van der Waals surface area contributed by atoms with Gasteiger partial charge < -0.3 is 0 Å². The second-order valence-corrected chi connectivity index (χ2v) is 6.43. The highest BCUT2D eigenvalue weighted by molar-refractivity contribution is 14.1. The molecule has 0 fully saturated rings.